The molecule has 0 unspecified atom stereocenters. The normalized spacial score (nSPS) is 18.6. The highest BCUT2D eigenvalue weighted by Crippen LogP contribution is 2.31. The Labute approximate surface area is 198 Å². The summed E-state index contributed by atoms with van der Waals surface area (Å²) in [7, 11) is 1.30. The molecule has 0 spiro atoms. The number of ether oxygens (including phenoxy) is 2. The molecule has 0 atom stereocenters. The van der Waals surface area contributed by atoms with E-state index in [4.69, 9.17) is 9.47 Å². The second kappa shape index (κ2) is 11.2. The van der Waals surface area contributed by atoms with E-state index in [9.17, 15) is 9.59 Å². The van der Waals surface area contributed by atoms with Gasteiger partial charge in [0.1, 0.15) is 5.82 Å². The number of methoxy groups -OCH3 is 1. The first kappa shape index (κ1) is 23.1. The smallest absolute Gasteiger partial charge is 0.357 e. The van der Waals surface area contributed by atoms with E-state index >= 15 is 0 Å². The number of aromatic nitrogens is 1. The fraction of sp³-hybridized carbons (Fsp3) is 0.409. The van der Waals surface area contributed by atoms with Gasteiger partial charge in [0.15, 0.2) is 5.69 Å². The zero-order valence-corrected chi connectivity index (χ0v) is 20.4. The van der Waals surface area contributed by atoms with E-state index in [1.165, 1.54) is 12.7 Å². The number of rotatable bonds is 7. The average molecular weight is 587 g/mol. The highest BCUT2D eigenvalue weighted by atomic mass is 127. The fourth-order valence-corrected chi connectivity index (χ4v) is 5.00. The van der Waals surface area contributed by atoms with Gasteiger partial charge < -0.3 is 14.8 Å². The molecule has 1 saturated carbocycles. The van der Waals surface area contributed by atoms with Crippen LogP contribution in [0.3, 0.4) is 0 Å². The van der Waals surface area contributed by atoms with E-state index in [1.807, 2.05) is 18.2 Å². The van der Waals surface area contributed by atoms with Crippen molar-refractivity contribution in [3.05, 3.63) is 55.7 Å². The summed E-state index contributed by atoms with van der Waals surface area (Å²) in [6, 6.07) is 11.9. The molecule has 1 fully saturated rings. The topological polar surface area (TPSA) is 77.5 Å². The van der Waals surface area contributed by atoms with Gasteiger partial charge in [-0.25, -0.2) is 9.78 Å². The highest BCUT2D eigenvalue weighted by Gasteiger charge is 2.27. The SMILES string of the molecule is COC(=O)c1nc(NC(=O)[C@H]2CC[C@H](COCc3ccccc3)CC2)c(I)cc1Br. The molecule has 30 heavy (non-hydrogen) atoms. The van der Waals surface area contributed by atoms with Crippen LogP contribution in [-0.2, 0) is 20.9 Å². The molecule has 1 aliphatic rings. The summed E-state index contributed by atoms with van der Waals surface area (Å²) in [4.78, 5) is 28.9. The Morgan fingerprint density at radius 3 is 2.57 bits per heavy atom. The minimum absolute atomic E-state index is 0.0535. The monoisotopic (exact) mass is 586 g/mol. The van der Waals surface area contributed by atoms with Crippen molar-refractivity contribution < 1.29 is 19.1 Å². The minimum atomic E-state index is -0.551. The van der Waals surface area contributed by atoms with E-state index < -0.39 is 5.97 Å². The van der Waals surface area contributed by atoms with Crippen molar-refractivity contribution in [2.24, 2.45) is 11.8 Å². The van der Waals surface area contributed by atoms with Crippen molar-refractivity contribution in [1.82, 2.24) is 4.98 Å². The Bertz CT molecular complexity index is 886. The first-order valence-electron chi connectivity index (χ1n) is 9.84. The number of hydrogen-bond donors (Lipinski definition) is 1. The number of nitrogens with one attached hydrogen (secondary N) is 1. The molecule has 160 valence electrons. The summed E-state index contributed by atoms with van der Waals surface area (Å²) in [5.41, 5.74) is 1.32. The van der Waals surface area contributed by atoms with Crippen molar-refractivity contribution in [2.75, 3.05) is 19.0 Å². The van der Waals surface area contributed by atoms with Crippen LogP contribution in [-0.4, -0.2) is 30.6 Å². The Morgan fingerprint density at radius 1 is 1.20 bits per heavy atom. The van der Waals surface area contributed by atoms with Gasteiger partial charge in [-0.15, -0.1) is 0 Å². The molecular weight excluding hydrogens is 563 g/mol. The maximum atomic E-state index is 12.7. The van der Waals surface area contributed by atoms with Crippen molar-refractivity contribution in [3.8, 4) is 0 Å². The summed E-state index contributed by atoms with van der Waals surface area (Å²) in [6.45, 7) is 1.34. The van der Waals surface area contributed by atoms with E-state index in [1.54, 1.807) is 6.07 Å². The van der Waals surface area contributed by atoms with Gasteiger partial charge in [0.2, 0.25) is 5.91 Å². The molecule has 6 nitrogen and oxygen atoms in total. The third-order valence-electron chi connectivity index (χ3n) is 5.23. The Hall–Kier alpha value is -1.52. The number of anilines is 1. The van der Waals surface area contributed by atoms with E-state index in [0.717, 1.165) is 35.9 Å². The zero-order chi connectivity index (χ0) is 21.5. The molecule has 0 radical (unpaired) electrons. The molecule has 1 aromatic heterocycles. The maximum Gasteiger partial charge on any atom is 0.357 e. The van der Waals surface area contributed by atoms with Gasteiger partial charge in [-0.3, -0.25) is 4.79 Å². The van der Waals surface area contributed by atoms with Crippen LogP contribution in [0.15, 0.2) is 40.9 Å². The number of benzene rings is 1. The standard InChI is InChI=1S/C22H24BrIN2O4/c1-29-22(28)19-17(23)11-18(24)20(25-19)26-21(27)16-9-7-15(8-10-16)13-30-12-14-5-3-2-4-6-14/h2-6,11,15-16H,7-10,12-13H2,1H3,(H,25,26,27)/t15-,16-. The summed E-state index contributed by atoms with van der Waals surface area (Å²) >= 11 is 5.40. The number of esters is 1. The molecule has 0 aliphatic heterocycles. The summed E-state index contributed by atoms with van der Waals surface area (Å²) in [6.07, 6.45) is 3.57. The van der Waals surface area contributed by atoms with Crippen LogP contribution < -0.4 is 5.32 Å². The quantitative estimate of drug-likeness (QED) is 0.357. The van der Waals surface area contributed by atoms with Gasteiger partial charge in [0.05, 0.1) is 21.8 Å². The van der Waals surface area contributed by atoms with Gasteiger partial charge in [-0.1, -0.05) is 30.3 Å². The molecule has 0 bridgehead atoms. The number of carbonyl (C=O) groups is 2. The lowest BCUT2D eigenvalue weighted by Gasteiger charge is -2.27. The average Bonchev–Trinajstić information content (AvgIpc) is 2.76. The molecule has 1 heterocycles. The molecule has 1 aliphatic carbocycles. The van der Waals surface area contributed by atoms with Gasteiger partial charge >= 0.3 is 5.97 Å². The fourth-order valence-electron chi connectivity index (χ4n) is 3.52. The van der Waals surface area contributed by atoms with Crippen LogP contribution in [0.4, 0.5) is 5.82 Å². The molecule has 1 amide bonds. The van der Waals surface area contributed by atoms with Gasteiger partial charge in [0.25, 0.3) is 0 Å². The Kier molecular flexibility index (Phi) is 8.64. The second-order valence-corrected chi connectivity index (χ2v) is 9.36. The highest BCUT2D eigenvalue weighted by molar-refractivity contribution is 14.1. The molecule has 2 aromatic rings. The predicted molar refractivity (Wildman–Crippen MR) is 126 cm³/mol. The first-order chi connectivity index (χ1) is 14.5. The van der Waals surface area contributed by atoms with Crippen molar-refractivity contribution in [2.45, 2.75) is 32.3 Å². The number of carbonyl (C=O) groups excluding carboxylic acids is 2. The molecule has 0 saturated heterocycles. The third kappa shape index (κ3) is 6.24. The van der Waals surface area contributed by atoms with Crippen LogP contribution in [0.25, 0.3) is 0 Å². The Balaban J connectivity index is 1.49. The summed E-state index contributed by atoms with van der Waals surface area (Å²) in [5.74, 6) is 0.206. The second-order valence-electron chi connectivity index (χ2n) is 7.35. The lowest BCUT2D eigenvalue weighted by atomic mass is 9.82. The minimum Gasteiger partial charge on any atom is -0.464 e. The maximum absolute atomic E-state index is 12.7. The van der Waals surface area contributed by atoms with Gasteiger partial charge in [0, 0.05) is 12.5 Å². The number of halogens is 2. The number of amides is 1. The van der Waals surface area contributed by atoms with E-state index in [0.29, 0.717) is 22.8 Å². The summed E-state index contributed by atoms with van der Waals surface area (Å²) in [5, 5.41) is 2.89. The van der Waals surface area contributed by atoms with E-state index in [2.05, 4.69) is 61.0 Å². The van der Waals surface area contributed by atoms with Crippen LogP contribution in [0, 0.1) is 15.4 Å². The number of hydrogen-bond acceptors (Lipinski definition) is 5. The lowest BCUT2D eigenvalue weighted by molar-refractivity contribution is -0.121. The van der Waals surface area contributed by atoms with Crippen LogP contribution in [0.2, 0.25) is 0 Å². The van der Waals surface area contributed by atoms with Crippen LogP contribution in [0.1, 0.15) is 41.7 Å². The molecular formula is C22H24BrIN2O4. The molecule has 3 rings (SSSR count). The first-order valence-corrected chi connectivity index (χ1v) is 11.7. The molecule has 8 heteroatoms. The van der Waals surface area contributed by atoms with Gasteiger partial charge in [-0.2, -0.15) is 0 Å². The van der Waals surface area contributed by atoms with Crippen molar-refractivity contribution in [3.63, 3.8) is 0 Å². The van der Waals surface area contributed by atoms with E-state index in [-0.39, 0.29) is 17.5 Å². The number of pyridine rings is 1. The lowest BCUT2D eigenvalue weighted by Crippen LogP contribution is -2.29. The molecule has 1 aromatic carbocycles. The predicted octanol–water partition coefficient (Wildman–Crippen LogP) is 5.20. The summed E-state index contributed by atoms with van der Waals surface area (Å²) < 4.78 is 11.9. The number of nitrogens with zero attached hydrogens (tertiary/aromatic N) is 1. The zero-order valence-electron chi connectivity index (χ0n) is 16.7. The van der Waals surface area contributed by atoms with Gasteiger partial charge in [-0.05, 0) is 81.8 Å². The molecule has 1 N–H and O–H groups in total. The van der Waals surface area contributed by atoms with Crippen molar-refractivity contribution in [1.29, 1.82) is 0 Å². The van der Waals surface area contributed by atoms with Crippen LogP contribution in [0.5, 0.6) is 0 Å². The Morgan fingerprint density at radius 2 is 1.90 bits per heavy atom. The van der Waals surface area contributed by atoms with Crippen molar-refractivity contribution >= 4 is 56.2 Å². The van der Waals surface area contributed by atoms with Crippen LogP contribution >= 0.6 is 38.5 Å². The third-order valence-corrected chi connectivity index (χ3v) is 6.66. The largest absolute Gasteiger partial charge is 0.464 e.